The molecule has 0 aliphatic carbocycles. The lowest BCUT2D eigenvalue weighted by Gasteiger charge is -2.07. The van der Waals surface area contributed by atoms with Crippen molar-refractivity contribution in [2.24, 2.45) is 7.05 Å². The van der Waals surface area contributed by atoms with Crippen molar-refractivity contribution in [2.75, 3.05) is 7.11 Å². The van der Waals surface area contributed by atoms with Crippen LogP contribution in [-0.4, -0.2) is 22.9 Å². The Morgan fingerprint density at radius 2 is 2.10 bits per heavy atom. The molecule has 0 N–H and O–H groups in total. The highest BCUT2D eigenvalue weighted by Gasteiger charge is 2.17. The quantitative estimate of drug-likeness (QED) is 0.785. The molecule has 0 fully saturated rings. The van der Waals surface area contributed by atoms with Gasteiger partial charge in [-0.1, -0.05) is 0 Å². The van der Waals surface area contributed by atoms with Gasteiger partial charge in [-0.3, -0.25) is 4.68 Å². The highest BCUT2D eigenvalue weighted by molar-refractivity contribution is 5.92. The van der Waals surface area contributed by atoms with Crippen LogP contribution in [-0.2, 0) is 11.8 Å². The van der Waals surface area contributed by atoms with Crippen LogP contribution in [0.3, 0.4) is 0 Å². The first kappa shape index (κ1) is 13.8. The minimum atomic E-state index is -0.421. The van der Waals surface area contributed by atoms with E-state index in [4.69, 9.17) is 4.74 Å². The highest BCUT2D eigenvalue weighted by Crippen LogP contribution is 2.30. The smallest absolute Gasteiger partial charge is 0.337 e. The maximum atomic E-state index is 11.6. The standard InChI is InChI=1S/C15H15N3O2/c1-9-14(10(2)18(3)17-9)13-7-11(15(19)20-4)5-6-12(13)8-16/h5-7H,1-4H3. The van der Waals surface area contributed by atoms with Crippen LogP contribution < -0.4 is 0 Å². The number of rotatable bonds is 2. The molecule has 0 atom stereocenters. The van der Waals surface area contributed by atoms with Crippen molar-refractivity contribution in [3.63, 3.8) is 0 Å². The van der Waals surface area contributed by atoms with Crippen LogP contribution >= 0.6 is 0 Å². The molecule has 5 heteroatoms. The molecule has 0 aliphatic rings. The van der Waals surface area contributed by atoms with Crippen LogP contribution in [0, 0.1) is 25.2 Å². The van der Waals surface area contributed by atoms with E-state index in [1.54, 1.807) is 22.9 Å². The zero-order valence-corrected chi connectivity index (χ0v) is 11.9. The Hall–Kier alpha value is -2.61. The number of aromatic nitrogens is 2. The number of carbonyl (C=O) groups is 1. The molecular formula is C15H15N3O2. The summed E-state index contributed by atoms with van der Waals surface area (Å²) < 4.78 is 6.48. The lowest BCUT2D eigenvalue weighted by Crippen LogP contribution is -2.02. The molecule has 2 rings (SSSR count). The Balaban J connectivity index is 2.71. The molecule has 5 nitrogen and oxygen atoms in total. The van der Waals surface area contributed by atoms with E-state index in [0.29, 0.717) is 16.7 Å². The molecule has 2 aromatic rings. The van der Waals surface area contributed by atoms with Crippen LogP contribution in [0.4, 0.5) is 0 Å². The summed E-state index contributed by atoms with van der Waals surface area (Å²) in [5.41, 5.74) is 4.29. The first-order chi connectivity index (χ1) is 9.49. The van der Waals surface area contributed by atoms with Gasteiger partial charge in [0, 0.05) is 23.9 Å². The predicted octanol–water partition coefficient (Wildman–Crippen LogP) is 2.36. The fraction of sp³-hybridized carbons (Fsp3) is 0.267. The molecule has 0 spiro atoms. The Labute approximate surface area is 117 Å². The number of esters is 1. The van der Waals surface area contributed by atoms with Gasteiger partial charge in [0.25, 0.3) is 0 Å². The van der Waals surface area contributed by atoms with E-state index in [-0.39, 0.29) is 0 Å². The van der Waals surface area contributed by atoms with E-state index in [9.17, 15) is 10.1 Å². The summed E-state index contributed by atoms with van der Waals surface area (Å²) >= 11 is 0. The zero-order chi connectivity index (χ0) is 14.9. The van der Waals surface area contributed by atoms with Crippen molar-refractivity contribution in [3.05, 3.63) is 40.7 Å². The zero-order valence-electron chi connectivity index (χ0n) is 11.9. The topological polar surface area (TPSA) is 67.9 Å². The molecule has 0 saturated heterocycles. The van der Waals surface area contributed by atoms with Gasteiger partial charge < -0.3 is 4.74 Å². The van der Waals surface area contributed by atoms with E-state index in [0.717, 1.165) is 17.0 Å². The Morgan fingerprint density at radius 1 is 1.40 bits per heavy atom. The van der Waals surface area contributed by atoms with Crippen molar-refractivity contribution in [1.82, 2.24) is 9.78 Å². The molecule has 1 aromatic carbocycles. The maximum absolute atomic E-state index is 11.6. The van der Waals surface area contributed by atoms with Crippen molar-refractivity contribution in [2.45, 2.75) is 13.8 Å². The van der Waals surface area contributed by atoms with Gasteiger partial charge >= 0.3 is 5.97 Å². The van der Waals surface area contributed by atoms with Gasteiger partial charge in [0.1, 0.15) is 0 Å². The first-order valence-corrected chi connectivity index (χ1v) is 6.12. The average molecular weight is 269 g/mol. The molecule has 0 saturated carbocycles. The first-order valence-electron chi connectivity index (χ1n) is 6.12. The third-order valence-electron chi connectivity index (χ3n) is 3.34. The maximum Gasteiger partial charge on any atom is 0.337 e. The molecule has 0 aliphatic heterocycles. The molecule has 20 heavy (non-hydrogen) atoms. The van der Waals surface area contributed by atoms with Gasteiger partial charge in [-0.25, -0.2) is 4.79 Å². The third kappa shape index (κ3) is 2.16. The van der Waals surface area contributed by atoms with Gasteiger partial charge in [0.15, 0.2) is 0 Å². The summed E-state index contributed by atoms with van der Waals surface area (Å²) in [5, 5.41) is 13.6. The summed E-state index contributed by atoms with van der Waals surface area (Å²) in [4.78, 5) is 11.6. The molecule has 1 heterocycles. The predicted molar refractivity (Wildman–Crippen MR) is 74.2 cm³/mol. The van der Waals surface area contributed by atoms with E-state index < -0.39 is 5.97 Å². The fourth-order valence-electron chi connectivity index (χ4n) is 2.26. The highest BCUT2D eigenvalue weighted by atomic mass is 16.5. The largest absolute Gasteiger partial charge is 0.465 e. The minimum Gasteiger partial charge on any atom is -0.465 e. The summed E-state index contributed by atoms with van der Waals surface area (Å²) in [6.07, 6.45) is 0. The molecular weight excluding hydrogens is 254 g/mol. The normalized spacial score (nSPS) is 10.2. The summed E-state index contributed by atoms with van der Waals surface area (Å²) in [7, 11) is 3.18. The number of benzene rings is 1. The van der Waals surface area contributed by atoms with Crippen molar-refractivity contribution >= 4 is 5.97 Å². The minimum absolute atomic E-state index is 0.421. The lowest BCUT2D eigenvalue weighted by atomic mass is 9.96. The van der Waals surface area contributed by atoms with Gasteiger partial charge in [0.2, 0.25) is 0 Å². The SMILES string of the molecule is COC(=O)c1ccc(C#N)c(-c2c(C)nn(C)c2C)c1. The lowest BCUT2D eigenvalue weighted by molar-refractivity contribution is 0.0601. The number of aryl methyl sites for hydroxylation is 2. The number of carbonyl (C=O) groups excluding carboxylic acids is 1. The number of methoxy groups -OCH3 is 1. The van der Waals surface area contributed by atoms with Crippen LogP contribution in [0.25, 0.3) is 11.1 Å². The second-order valence-electron chi connectivity index (χ2n) is 4.53. The monoisotopic (exact) mass is 269 g/mol. The molecule has 0 unspecified atom stereocenters. The Bertz CT molecular complexity index is 723. The molecule has 1 aromatic heterocycles. The van der Waals surface area contributed by atoms with Crippen LogP contribution in [0.15, 0.2) is 18.2 Å². The second-order valence-corrected chi connectivity index (χ2v) is 4.53. The van der Waals surface area contributed by atoms with Crippen molar-refractivity contribution < 1.29 is 9.53 Å². The number of ether oxygens (including phenoxy) is 1. The second kappa shape index (κ2) is 5.17. The molecule has 0 radical (unpaired) electrons. The van der Waals surface area contributed by atoms with Gasteiger partial charge in [-0.05, 0) is 32.0 Å². The number of hydrogen-bond donors (Lipinski definition) is 0. The van der Waals surface area contributed by atoms with Gasteiger partial charge in [0.05, 0.1) is 30.0 Å². The number of nitrogens with zero attached hydrogens (tertiary/aromatic N) is 3. The molecule has 0 amide bonds. The van der Waals surface area contributed by atoms with Crippen LogP contribution in [0.2, 0.25) is 0 Å². The average Bonchev–Trinajstić information content (AvgIpc) is 2.70. The van der Waals surface area contributed by atoms with Gasteiger partial charge in [-0.2, -0.15) is 10.4 Å². The van der Waals surface area contributed by atoms with E-state index in [1.807, 2.05) is 20.9 Å². The Kier molecular flexibility index (Phi) is 3.57. The van der Waals surface area contributed by atoms with E-state index in [1.165, 1.54) is 7.11 Å². The summed E-state index contributed by atoms with van der Waals surface area (Å²) in [5.74, 6) is -0.421. The van der Waals surface area contributed by atoms with Crippen molar-refractivity contribution in [3.8, 4) is 17.2 Å². The summed E-state index contributed by atoms with van der Waals surface area (Å²) in [6.45, 7) is 3.82. The van der Waals surface area contributed by atoms with E-state index >= 15 is 0 Å². The van der Waals surface area contributed by atoms with Crippen molar-refractivity contribution in [1.29, 1.82) is 5.26 Å². The molecule has 0 bridgehead atoms. The number of hydrogen-bond acceptors (Lipinski definition) is 4. The van der Waals surface area contributed by atoms with Crippen LogP contribution in [0.1, 0.15) is 27.3 Å². The van der Waals surface area contributed by atoms with Gasteiger partial charge in [-0.15, -0.1) is 0 Å². The summed E-state index contributed by atoms with van der Waals surface area (Å²) in [6, 6.07) is 7.06. The Morgan fingerprint density at radius 3 is 2.60 bits per heavy atom. The van der Waals surface area contributed by atoms with E-state index in [2.05, 4.69) is 11.2 Å². The third-order valence-corrected chi connectivity index (χ3v) is 3.34. The fourth-order valence-corrected chi connectivity index (χ4v) is 2.26. The van der Waals surface area contributed by atoms with Crippen LogP contribution in [0.5, 0.6) is 0 Å². The molecule has 102 valence electrons. The number of nitriles is 1.